The lowest BCUT2D eigenvalue weighted by molar-refractivity contribution is -0.275. The van der Waals surface area contributed by atoms with Gasteiger partial charge in [0.2, 0.25) is 0 Å². The predicted octanol–water partition coefficient (Wildman–Crippen LogP) is 4.28. The van der Waals surface area contributed by atoms with Crippen molar-refractivity contribution >= 4 is 11.7 Å². The Labute approximate surface area is 164 Å². The van der Waals surface area contributed by atoms with Crippen LogP contribution in [0.2, 0.25) is 0 Å². The number of rotatable bonds is 6. The number of aromatic nitrogens is 1. The SMILES string of the molecule is Nc1ncccc1C(=O)NCc1cccc(Oc2ccccc2OC(F)(F)F)c1. The normalized spacial score (nSPS) is 11.0. The van der Waals surface area contributed by atoms with E-state index in [0.29, 0.717) is 5.56 Å². The molecule has 150 valence electrons. The van der Waals surface area contributed by atoms with Crippen LogP contribution in [0.5, 0.6) is 17.2 Å². The van der Waals surface area contributed by atoms with Crippen molar-refractivity contribution in [1.82, 2.24) is 10.3 Å². The number of benzene rings is 2. The fraction of sp³-hybridized carbons (Fsp3) is 0.100. The molecule has 0 saturated heterocycles. The number of anilines is 1. The highest BCUT2D eigenvalue weighted by molar-refractivity contribution is 5.98. The summed E-state index contributed by atoms with van der Waals surface area (Å²) in [6.45, 7) is 0.158. The van der Waals surface area contributed by atoms with Crippen molar-refractivity contribution in [2.45, 2.75) is 12.9 Å². The van der Waals surface area contributed by atoms with Gasteiger partial charge in [0.25, 0.3) is 5.91 Å². The summed E-state index contributed by atoms with van der Waals surface area (Å²) in [7, 11) is 0. The van der Waals surface area contributed by atoms with Crippen molar-refractivity contribution in [3.05, 3.63) is 78.0 Å². The van der Waals surface area contributed by atoms with E-state index in [0.717, 1.165) is 6.07 Å². The monoisotopic (exact) mass is 403 g/mol. The summed E-state index contributed by atoms with van der Waals surface area (Å²) in [4.78, 5) is 16.1. The van der Waals surface area contributed by atoms with Crippen molar-refractivity contribution in [2.24, 2.45) is 0 Å². The number of amides is 1. The molecule has 0 radical (unpaired) electrons. The Bertz CT molecular complexity index is 1010. The summed E-state index contributed by atoms with van der Waals surface area (Å²) < 4.78 is 47.1. The molecule has 0 unspecified atom stereocenters. The van der Waals surface area contributed by atoms with Crippen LogP contribution in [0.15, 0.2) is 66.9 Å². The molecule has 3 N–H and O–H groups in total. The van der Waals surface area contributed by atoms with Gasteiger partial charge in [-0.1, -0.05) is 24.3 Å². The summed E-state index contributed by atoms with van der Waals surface area (Å²) in [5, 5.41) is 2.70. The zero-order chi connectivity index (χ0) is 20.9. The molecule has 0 aliphatic carbocycles. The molecule has 0 saturated carbocycles. The zero-order valence-electron chi connectivity index (χ0n) is 14.9. The van der Waals surface area contributed by atoms with Crippen LogP contribution >= 0.6 is 0 Å². The third-order valence-electron chi connectivity index (χ3n) is 3.74. The van der Waals surface area contributed by atoms with Gasteiger partial charge < -0.3 is 20.5 Å². The van der Waals surface area contributed by atoms with E-state index < -0.39 is 18.0 Å². The molecular formula is C20H16F3N3O3. The van der Waals surface area contributed by atoms with Crippen molar-refractivity contribution in [1.29, 1.82) is 0 Å². The third-order valence-corrected chi connectivity index (χ3v) is 3.74. The number of carbonyl (C=O) groups is 1. The molecule has 1 heterocycles. The number of para-hydroxylation sites is 2. The van der Waals surface area contributed by atoms with E-state index in [1.165, 1.54) is 24.4 Å². The maximum atomic E-state index is 12.5. The number of nitrogen functional groups attached to an aromatic ring is 1. The number of ether oxygens (including phenoxy) is 2. The lowest BCUT2D eigenvalue weighted by Crippen LogP contribution is -2.24. The molecule has 9 heteroatoms. The molecule has 0 fully saturated rings. The Balaban J connectivity index is 1.69. The Morgan fingerprint density at radius 3 is 2.52 bits per heavy atom. The summed E-state index contributed by atoms with van der Waals surface area (Å²) in [6.07, 6.45) is -3.35. The second-order valence-corrected chi connectivity index (χ2v) is 5.86. The fourth-order valence-electron chi connectivity index (χ4n) is 2.48. The maximum absolute atomic E-state index is 12.5. The first kappa shape index (κ1) is 20.0. The van der Waals surface area contributed by atoms with Gasteiger partial charge in [0.15, 0.2) is 11.5 Å². The highest BCUT2D eigenvalue weighted by atomic mass is 19.4. The third kappa shape index (κ3) is 5.61. The molecule has 0 spiro atoms. The molecule has 0 bridgehead atoms. The quantitative estimate of drug-likeness (QED) is 0.641. The Hall–Kier alpha value is -3.75. The van der Waals surface area contributed by atoms with E-state index in [2.05, 4.69) is 15.0 Å². The van der Waals surface area contributed by atoms with Crippen LogP contribution in [-0.4, -0.2) is 17.3 Å². The first-order valence-electron chi connectivity index (χ1n) is 8.42. The number of alkyl halides is 3. The number of nitrogens with zero attached hydrogens (tertiary/aromatic N) is 1. The number of hydrogen-bond acceptors (Lipinski definition) is 5. The fourth-order valence-corrected chi connectivity index (χ4v) is 2.48. The number of halogens is 3. The summed E-state index contributed by atoms with van der Waals surface area (Å²) in [5.41, 5.74) is 6.60. The van der Waals surface area contributed by atoms with Crippen molar-refractivity contribution < 1.29 is 27.4 Å². The van der Waals surface area contributed by atoms with Crippen LogP contribution in [-0.2, 0) is 6.54 Å². The second kappa shape index (κ2) is 8.51. The van der Waals surface area contributed by atoms with Gasteiger partial charge in [0.1, 0.15) is 11.6 Å². The van der Waals surface area contributed by atoms with Crippen LogP contribution in [0.4, 0.5) is 19.0 Å². The van der Waals surface area contributed by atoms with Gasteiger partial charge in [0, 0.05) is 12.7 Å². The van der Waals surface area contributed by atoms with Crippen LogP contribution < -0.4 is 20.5 Å². The lowest BCUT2D eigenvalue weighted by Gasteiger charge is -2.14. The molecule has 1 amide bonds. The standard InChI is InChI=1S/C20H16F3N3O3/c21-20(22,23)29-17-9-2-1-8-16(17)28-14-6-3-5-13(11-14)12-26-19(27)15-7-4-10-25-18(15)24/h1-11H,12H2,(H2,24,25)(H,26,27). The molecule has 0 aliphatic rings. The van der Waals surface area contributed by atoms with Crippen LogP contribution in [0, 0.1) is 0 Å². The Morgan fingerprint density at radius 2 is 1.79 bits per heavy atom. The maximum Gasteiger partial charge on any atom is 0.573 e. The highest BCUT2D eigenvalue weighted by Gasteiger charge is 2.32. The van der Waals surface area contributed by atoms with E-state index in [9.17, 15) is 18.0 Å². The van der Waals surface area contributed by atoms with Crippen molar-refractivity contribution in [2.75, 3.05) is 5.73 Å². The van der Waals surface area contributed by atoms with Gasteiger partial charge in [0.05, 0.1) is 5.56 Å². The molecular weight excluding hydrogens is 387 g/mol. The summed E-state index contributed by atoms with van der Waals surface area (Å²) in [5.74, 6) is -0.537. The summed E-state index contributed by atoms with van der Waals surface area (Å²) >= 11 is 0. The molecule has 0 atom stereocenters. The van der Waals surface area contributed by atoms with E-state index in [4.69, 9.17) is 10.5 Å². The van der Waals surface area contributed by atoms with Crippen LogP contribution in [0.3, 0.4) is 0 Å². The minimum absolute atomic E-state index is 0.0888. The topological polar surface area (TPSA) is 86.5 Å². The molecule has 3 aromatic rings. The van der Waals surface area contributed by atoms with Gasteiger partial charge in [-0.25, -0.2) is 4.98 Å². The van der Waals surface area contributed by atoms with E-state index in [1.807, 2.05) is 0 Å². The first-order valence-corrected chi connectivity index (χ1v) is 8.42. The number of nitrogens with one attached hydrogen (secondary N) is 1. The molecule has 1 aromatic heterocycles. The molecule has 3 rings (SSSR count). The van der Waals surface area contributed by atoms with Crippen LogP contribution in [0.1, 0.15) is 15.9 Å². The number of nitrogens with two attached hydrogens (primary N) is 1. The predicted molar refractivity (Wildman–Crippen MR) is 99.5 cm³/mol. The van der Waals surface area contributed by atoms with E-state index in [1.54, 1.807) is 36.4 Å². The van der Waals surface area contributed by atoms with E-state index in [-0.39, 0.29) is 29.4 Å². The smallest absolute Gasteiger partial charge is 0.453 e. The second-order valence-electron chi connectivity index (χ2n) is 5.86. The Morgan fingerprint density at radius 1 is 1.03 bits per heavy atom. The van der Waals surface area contributed by atoms with Gasteiger partial charge in [-0.3, -0.25) is 4.79 Å². The number of pyridine rings is 1. The minimum atomic E-state index is -4.83. The Kier molecular flexibility index (Phi) is 5.87. The van der Waals surface area contributed by atoms with Gasteiger partial charge in [-0.05, 0) is 42.0 Å². The summed E-state index contributed by atoms with van der Waals surface area (Å²) in [6, 6.07) is 15.2. The van der Waals surface area contributed by atoms with Gasteiger partial charge >= 0.3 is 6.36 Å². The lowest BCUT2D eigenvalue weighted by atomic mass is 10.2. The van der Waals surface area contributed by atoms with Gasteiger partial charge in [-0.15, -0.1) is 13.2 Å². The average molecular weight is 403 g/mol. The molecule has 29 heavy (non-hydrogen) atoms. The molecule has 2 aromatic carbocycles. The molecule has 6 nitrogen and oxygen atoms in total. The van der Waals surface area contributed by atoms with Crippen LogP contribution in [0.25, 0.3) is 0 Å². The number of carbonyl (C=O) groups excluding carboxylic acids is 1. The minimum Gasteiger partial charge on any atom is -0.453 e. The largest absolute Gasteiger partial charge is 0.573 e. The van der Waals surface area contributed by atoms with Gasteiger partial charge in [-0.2, -0.15) is 0 Å². The van der Waals surface area contributed by atoms with Crippen molar-refractivity contribution in [3.63, 3.8) is 0 Å². The average Bonchev–Trinajstić information content (AvgIpc) is 2.67. The van der Waals surface area contributed by atoms with E-state index >= 15 is 0 Å². The molecule has 0 aliphatic heterocycles. The first-order chi connectivity index (χ1) is 13.8. The zero-order valence-corrected chi connectivity index (χ0v) is 14.9. The highest BCUT2D eigenvalue weighted by Crippen LogP contribution is 2.35. The van der Waals surface area contributed by atoms with Crippen molar-refractivity contribution in [3.8, 4) is 17.2 Å². The number of hydrogen-bond donors (Lipinski definition) is 2.